The molecule has 0 amide bonds. The number of carbonyl (C=O) groups is 1. The summed E-state index contributed by atoms with van der Waals surface area (Å²) >= 11 is 10.9. The summed E-state index contributed by atoms with van der Waals surface area (Å²) in [6.07, 6.45) is 0. The first-order valence-electron chi connectivity index (χ1n) is 3.42. The minimum atomic E-state index is -4.03. The number of carboxylic acids is 1. The minimum Gasteiger partial charge on any atom is -0.477 e. The first-order chi connectivity index (χ1) is 6.35. The van der Waals surface area contributed by atoms with Gasteiger partial charge in [0.25, 0.3) is 0 Å². The van der Waals surface area contributed by atoms with Crippen molar-refractivity contribution >= 4 is 29.2 Å². The van der Waals surface area contributed by atoms with E-state index in [0.29, 0.717) is 0 Å². The van der Waals surface area contributed by atoms with E-state index in [2.05, 4.69) is 0 Å². The van der Waals surface area contributed by atoms with Crippen LogP contribution in [0.15, 0.2) is 18.2 Å². The maximum absolute atomic E-state index is 13.0. The number of hydrogen-bond donors (Lipinski definition) is 1. The van der Waals surface area contributed by atoms with Gasteiger partial charge in [0.15, 0.2) is 0 Å². The first-order valence-corrected chi connectivity index (χ1v) is 4.18. The molecule has 0 saturated heterocycles. The highest BCUT2D eigenvalue weighted by Gasteiger charge is 2.42. The lowest BCUT2D eigenvalue weighted by atomic mass is 10.1. The number of halogens is 4. The summed E-state index contributed by atoms with van der Waals surface area (Å²) in [4.78, 5) is 10.2. The van der Waals surface area contributed by atoms with Gasteiger partial charge in [-0.15, -0.1) is 0 Å². The van der Waals surface area contributed by atoms with Gasteiger partial charge in [-0.2, -0.15) is 8.78 Å². The number of benzene rings is 1. The third kappa shape index (κ3) is 1.96. The van der Waals surface area contributed by atoms with Gasteiger partial charge in [-0.25, -0.2) is 4.79 Å². The molecule has 0 bridgehead atoms. The van der Waals surface area contributed by atoms with E-state index in [9.17, 15) is 13.6 Å². The van der Waals surface area contributed by atoms with Crippen LogP contribution in [0.5, 0.6) is 0 Å². The van der Waals surface area contributed by atoms with Crippen molar-refractivity contribution in [3.05, 3.63) is 33.8 Å². The summed E-state index contributed by atoms with van der Waals surface area (Å²) in [6, 6.07) is 3.25. The monoisotopic (exact) mass is 240 g/mol. The van der Waals surface area contributed by atoms with E-state index in [4.69, 9.17) is 28.3 Å². The third-order valence-corrected chi connectivity index (χ3v) is 2.10. The fourth-order valence-corrected chi connectivity index (χ4v) is 1.26. The Kier molecular flexibility index (Phi) is 2.97. The van der Waals surface area contributed by atoms with Crippen molar-refractivity contribution in [2.45, 2.75) is 5.92 Å². The van der Waals surface area contributed by atoms with E-state index in [1.807, 2.05) is 0 Å². The highest BCUT2D eigenvalue weighted by atomic mass is 35.5. The second-order valence-corrected chi connectivity index (χ2v) is 3.35. The van der Waals surface area contributed by atoms with Crippen LogP contribution in [-0.4, -0.2) is 11.1 Å². The quantitative estimate of drug-likeness (QED) is 0.863. The third-order valence-electron chi connectivity index (χ3n) is 1.54. The Morgan fingerprint density at radius 3 is 2.43 bits per heavy atom. The molecule has 0 aliphatic heterocycles. The SMILES string of the molecule is O=C(O)C(F)(F)c1cc(Cl)ccc1Cl. The number of rotatable bonds is 2. The van der Waals surface area contributed by atoms with Crippen molar-refractivity contribution in [2.24, 2.45) is 0 Å². The lowest BCUT2D eigenvalue weighted by Crippen LogP contribution is -2.25. The van der Waals surface area contributed by atoms with Crippen molar-refractivity contribution in [2.75, 3.05) is 0 Å². The smallest absolute Gasteiger partial charge is 0.379 e. The van der Waals surface area contributed by atoms with E-state index in [-0.39, 0.29) is 10.0 Å². The number of carboxylic acid groups (broad SMARTS) is 1. The average Bonchev–Trinajstić information content (AvgIpc) is 2.08. The summed E-state index contributed by atoms with van der Waals surface area (Å²) in [6.45, 7) is 0. The predicted molar refractivity (Wildman–Crippen MR) is 48.0 cm³/mol. The van der Waals surface area contributed by atoms with Crippen LogP contribution < -0.4 is 0 Å². The highest BCUT2D eigenvalue weighted by molar-refractivity contribution is 6.33. The van der Waals surface area contributed by atoms with Crippen LogP contribution in [0.3, 0.4) is 0 Å². The normalized spacial score (nSPS) is 11.4. The van der Waals surface area contributed by atoms with Crippen LogP contribution >= 0.6 is 23.2 Å². The van der Waals surface area contributed by atoms with Crippen LogP contribution in [0.1, 0.15) is 5.56 Å². The summed E-state index contributed by atoms with van der Waals surface area (Å²) in [5.74, 6) is -6.29. The van der Waals surface area contributed by atoms with E-state index in [1.54, 1.807) is 0 Å². The lowest BCUT2D eigenvalue weighted by Gasteiger charge is -2.12. The second kappa shape index (κ2) is 3.71. The predicted octanol–water partition coefficient (Wildman–Crippen LogP) is 3.17. The fourth-order valence-electron chi connectivity index (χ4n) is 0.853. The maximum Gasteiger partial charge on any atom is 0.379 e. The number of aliphatic carboxylic acids is 1. The summed E-state index contributed by atoms with van der Waals surface area (Å²) in [5, 5.41) is 7.93. The molecule has 0 aliphatic carbocycles. The Morgan fingerprint density at radius 1 is 1.36 bits per heavy atom. The highest BCUT2D eigenvalue weighted by Crippen LogP contribution is 2.35. The van der Waals surface area contributed by atoms with Gasteiger partial charge in [0.1, 0.15) is 0 Å². The van der Waals surface area contributed by atoms with E-state index in [1.165, 1.54) is 6.07 Å². The molecule has 0 atom stereocenters. The van der Waals surface area contributed by atoms with Gasteiger partial charge in [0.05, 0.1) is 10.6 Å². The Bertz CT molecular complexity index is 380. The summed E-state index contributed by atoms with van der Waals surface area (Å²) in [7, 11) is 0. The van der Waals surface area contributed by atoms with Crippen LogP contribution in [0.25, 0.3) is 0 Å². The Balaban J connectivity index is 3.31. The standard InChI is InChI=1S/C8H4Cl2F2O2/c9-4-1-2-6(10)5(3-4)8(11,12)7(13)14/h1-3H,(H,13,14). The van der Waals surface area contributed by atoms with Gasteiger partial charge in [-0.1, -0.05) is 23.2 Å². The van der Waals surface area contributed by atoms with Gasteiger partial charge in [-0.05, 0) is 18.2 Å². The van der Waals surface area contributed by atoms with Crippen LogP contribution in [0.2, 0.25) is 10.0 Å². The zero-order valence-corrected chi connectivity index (χ0v) is 8.11. The molecule has 0 heterocycles. The molecular weight excluding hydrogens is 237 g/mol. The molecule has 0 radical (unpaired) electrons. The molecule has 0 aliphatic rings. The Hall–Kier alpha value is -0.870. The van der Waals surface area contributed by atoms with Crippen molar-refractivity contribution in [3.8, 4) is 0 Å². The zero-order valence-electron chi connectivity index (χ0n) is 6.60. The van der Waals surface area contributed by atoms with Crippen molar-refractivity contribution in [3.63, 3.8) is 0 Å². The molecule has 0 saturated carbocycles. The molecule has 6 heteroatoms. The van der Waals surface area contributed by atoms with E-state index in [0.717, 1.165) is 12.1 Å². The number of alkyl halides is 2. The number of hydrogen-bond acceptors (Lipinski definition) is 1. The average molecular weight is 241 g/mol. The zero-order chi connectivity index (χ0) is 10.9. The van der Waals surface area contributed by atoms with E-state index >= 15 is 0 Å². The fraction of sp³-hybridized carbons (Fsp3) is 0.125. The van der Waals surface area contributed by atoms with Gasteiger partial charge in [-0.3, -0.25) is 0 Å². The van der Waals surface area contributed by atoms with Crippen LogP contribution in [0, 0.1) is 0 Å². The molecular formula is C8H4Cl2F2O2. The molecule has 76 valence electrons. The molecule has 0 aromatic heterocycles. The molecule has 14 heavy (non-hydrogen) atoms. The van der Waals surface area contributed by atoms with Gasteiger partial charge < -0.3 is 5.11 Å². The molecule has 1 N–H and O–H groups in total. The van der Waals surface area contributed by atoms with Gasteiger partial charge in [0, 0.05) is 5.02 Å². The van der Waals surface area contributed by atoms with Crippen molar-refractivity contribution in [1.29, 1.82) is 0 Å². The minimum absolute atomic E-state index is 0.00493. The molecule has 0 spiro atoms. The van der Waals surface area contributed by atoms with Crippen LogP contribution in [-0.2, 0) is 10.7 Å². The Labute approximate surface area is 88.1 Å². The molecule has 1 aromatic rings. The lowest BCUT2D eigenvalue weighted by molar-refractivity contribution is -0.166. The summed E-state index contributed by atoms with van der Waals surface area (Å²) < 4.78 is 26.0. The largest absolute Gasteiger partial charge is 0.477 e. The van der Waals surface area contributed by atoms with Crippen LogP contribution in [0.4, 0.5) is 8.78 Å². The van der Waals surface area contributed by atoms with Crippen molar-refractivity contribution < 1.29 is 18.7 Å². The van der Waals surface area contributed by atoms with Gasteiger partial charge in [0.2, 0.25) is 0 Å². The molecule has 1 aromatic carbocycles. The molecule has 0 fully saturated rings. The second-order valence-electron chi connectivity index (χ2n) is 2.50. The Morgan fingerprint density at radius 2 is 1.93 bits per heavy atom. The molecule has 2 nitrogen and oxygen atoms in total. The molecule has 0 unspecified atom stereocenters. The maximum atomic E-state index is 13.0. The first kappa shape index (κ1) is 11.2. The van der Waals surface area contributed by atoms with Crippen molar-refractivity contribution in [1.82, 2.24) is 0 Å². The molecule has 1 rings (SSSR count). The van der Waals surface area contributed by atoms with E-state index < -0.39 is 17.5 Å². The topological polar surface area (TPSA) is 37.3 Å². The summed E-state index contributed by atoms with van der Waals surface area (Å²) in [5.41, 5.74) is -0.806. The van der Waals surface area contributed by atoms with Gasteiger partial charge >= 0.3 is 11.9 Å².